The molecule has 680 valence electrons. The molecule has 3 unspecified atom stereocenters. The van der Waals surface area contributed by atoms with Gasteiger partial charge in [-0.15, -0.1) is 71.8 Å². The number of hydrogen-bond acceptors (Lipinski definition) is 23. The summed E-state index contributed by atoms with van der Waals surface area (Å²) in [5.41, 5.74) is 20.6. The van der Waals surface area contributed by atoms with Crippen molar-refractivity contribution in [3.63, 3.8) is 0 Å². The van der Waals surface area contributed by atoms with Crippen LogP contribution in [-0.2, 0) is 154 Å². The van der Waals surface area contributed by atoms with E-state index in [-0.39, 0.29) is 164 Å². The zero-order valence-corrected chi connectivity index (χ0v) is 85.1. The Hall–Kier alpha value is -9.48. The number of aromatic nitrogens is 22. The van der Waals surface area contributed by atoms with Crippen LogP contribution in [0, 0.1) is 19.1 Å². The minimum absolute atomic E-state index is 0. The first-order valence-corrected chi connectivity index (χ1v) is 39.8. The Balaban J connectivity index is 0.000000478. The monoisotopic (exact) mass is 2600 g/mol. The molecule has 2 aliphatic carbocycles. The van der Waals surface area contributed by atoms with E-state index in [2.05, 4.69) is 192 Å². The van der Waals surface area contributed by atoms with E-state index in [9.17, 15) is 14.4 Å². The number of carbonyl (C=O) groups is 3. The fraction of sp³-hybridized carbons (Fsp3) is 0.355. The molecule has 0 radical (unpaired) electrons. The number of benzene rings is 2. The largest absolute Gasteiger partial charge is 2.00 e. The Morgan fingerprint density at radius 2 is 0.706 bits per heavy atom. The van der Waals surface area contributed by atoms with E-state index in [4.69, 9.17) is 15.3 Å². The quantitative estimate of drug-likeness (QED) is 0.0902. The van der Waals surface area contributed by atoms with Crippen LogP contribution >= 0.6 is 0 Å². The molecule has 14 aromatic rings. The molecule has 3 N–H and O–H groups in total. The van der Waals surface area contributed by atoms with E-state index in [1.54, 1.807) is 76.8 Å². The maximum atomic E-state index is 10.1. The van der Waals surface area contributed by atoms with Gasteiger partial charge in [-0.25, -0.2) is 49.8 Å². The number of fused-ring (bicyclic) bond motifs is 2. The smallest absolute Gasteiger partial charge is 0.574 e. The maximum absolute atomic E-state index is 10.1. The van der Waals surface area contributed by atoms with E-state index < -0.39 is 18.3 Å². The van der Waals surface area contributed by atoms with Crippen molar-refractivity contribution in [3.05, 3.63) is 260 Å². The van der Waals surface area contributed by atoms with Crippen molar-refractivity contribution in [1.82, 2.24) is 111 Å². The summed E-state index contributed by atoms with van der Waals surface area (Å²) in [4.78, 5) is 79.0. The van der Waals surface area contributed by atoms with Crippen LogP contribution in [0.25, 0.3) is 79.5 Å². The number of ketones is 3. The molecular weight excluding hydrogens is 2500 g/mol. The molecule has 16 rings (SSSR count). The third-order valence-electron chi connectivity index (χ3n) is 17.9. The molecule has 0 aliphatic heterocycles. The SMILES string of the molecule is CC(=O)CC(C)O.CC(=O)CC(C)O.CC(=O)CC(C)O.CC(C)(C)c1cc(-c2ccncn2)[n-]n1.CC(C)(C)c1cc(-c2ccncn2)[n-]n1.CC1(C)CCCc2c1n[n-]c2-c1ccncn1.CC1(C)CCCc2c1n[n-]c2-c1ccncn1.Cc1cc(-c2ccncn2)[n-]n1.[Pt+2].[Pt+2].[Pt].[Pt].[Pt].[c-]1ccccc1-c1ccccn1.[c-]1ccccc1-c1ccccn1. The second-order valence-electron chi connectivity index (χ2n) is 32.0. The average molecular weight is 2610 g/mol. The Morgan fingerprint density at radius 3 is 0.944 bits per heavy atom. The summed E-state index contributed by atoms with van der Waals surface area (Å²) in [5, 5.41) is 67.3. The van der Waals surface area contributed by atoms with Crippen molar-refractivity contribution in [2.75, 3.05) is 0 Å². The molecule has 0 fully saturated rings. The number of rotatable bonds is 13. The van der Waals surface area contributed by atoms with Gasteiger partial charge in [-0.3, -0.25) is 14.4 Å². The first-order chi connectivity index (χ1) is 57.7. The van der Waals surface area contributed by atoms with Crippen molar-refractivity contribution in [2.45, 2.75) is 215 Å². The third kappa shape index (κ3) is 39.4. The van der Waals surface area contributed by atoms with Gasteiger partial charge in [0, 0.05) is 176 Å². The van der Waals surface area contributed by atoms with Gasteiger partial charge in [-0.2, -0.15) is 0 Å². The zero-order chi connectivity index (χ0) is 88.0. The average Bonchev–Trinajstić information content (AvgIpc) is 1.62. The fourth-order valence-electron chi connectivity index (χ4n) is 12.0. The molecule has 28 nitrogen and oxygen atoms in total. The first-order valence-electron chi connectivity index (χ1n) is 39.8. The van der Waals surface area contributed by atoms with Crippen LogP contribution in [-0.4, -0.2) is 136 Å². The Bertz CT molecular complexity index is 4910. The van der Waals surface area contributed by atoms with Gasteiger partial charge < -0.3 is 76.3 Å². The molecule has 126 heavy (non-hydrogen) atoms. The van der Waals surface area contributed by atoms with E-state index in [1.807, 2.05) is 140 Å². The number of carbonyl (C=O) groups excluding carboxylic acids is 3. The van der Waals surface area contributed by atoms with E-state index in [1.165, 1.54) is 76.6 Å². The van der Waals surface area contributed by atoms with Gasteiger partial charge in [-0.05, 0) is 152 Å². The van der Waals surface area contributed by atoms with Gasteiger partial charge in [0.15, 0.2) is 0 Å². The summed E-state index contributed by atoms with van der Waals surface area (Å²) in [6, 6.07) is 48.7. The number of aliphatic hydroxyl groups excluding tert-OH is 3. The summed E-state index contributed by atoms with van der Waals surface area (Å²) in [7, 11) is 0. The van der Waals surface area contributed by atoms with Crippen molar-refractivity contribution < 1.29 is 135 Å². The van der Waals surface area contributed by atoms with Crippen molar-refractivity contribution >= 4 is 17.3 Å². The van der Waals surface area contributed by atoms with Crippen LogP contribution in [0.3, 0.4) is 0 Å². The van der Waals surface area contributed by atoms with Crippen LogP contribution in [0.5, 0.6) is 0 Å². The summed E-state index contributed by atoms with van der Waals surface area (Å²) in [5.74, 6) is 0.111. The molecule has 12 aromatic heterocycles. The normalized spacial score (nSPS) is 12.6. The molecule has 3 atom stereocenters. The van der Waals surface area contributed by atoms with E-state index in [0.29, 0.717) is 0 Å². The van der Waals surface area contributed by atoms with Gasteiger partial charge in [0.05, 0.1) is 46.8 Å². The minimum Gasteiger partial charge on any atom is -0.574 e. The number of hydrogen-bond donors (Lipinski definition) is 3. The number of aliphatic hydroxyl groups is 3. The molecule has 0 bridgehead atoms. The molecule has 0 amide bonds. The number of Topliss-reactive ketones (excluding diaryl/α,β-unsaturated/α-hetero) is 3. The van der Waals surface area contributed by atoms with Crippen molar-refractivity contribution in [2.24, 2.45) is 0 Å². The van der Waals surface area contributed by atoms with E-state index in [0.717, 1.165) is 121 Å². The topological polar surface area (TPSA) is 402 Å². The van der Waals surface area contributed by atoms with Gasteiger partial charge in [0.25, 0.3) is 0 Å². The van der Waals surface area contributed by atoms with Crippen LogP contribution in [0.1, 0.15) is 195 Å². The van der Waals surface area contributed by atoms with Crippen LogP contribution in [0.15, 0.2) is 208 Å². The predicted molar refractivity (Wildman–Crippen MR) is 465 cm³/mol. The number of aryl methyl sites for hydroxylation is 1. The summed E-state index contributed by atoms with van der Waals surface area (Å²) >= 11 is 0. The summed E-state index contributed by atoms with van der Waals surface area (Å²) in [6.07, 6.45) is 26.1. The number of pyridine rings is 2. The Morgan fingerprint density at radius 1 is 0.397 bits per heavy atom. The van der Waals surface area contributed by atoms with Crippen molar-refractivity contribution in [3.8, 4) is 79.5 Å². The van der Waals surface area contributed by atoms with Crippen molar-refractivity contribution in [1.29, 1.82) is 0 Å². The molecule has 33 heteroatoms. The van der Waals surface area contributed by atoms with Gasteiger partial charge in [0.2, 0.25) is 0 Å². The minimum atomic E-state index is -0.475. The summed E-state index contributed by atoms with van der Waals surface area (Å²) in [6.45, 7) is 32.7. The summed E-state index contributed by atoms with van der Waals surface area (Å²) < 4.78 is 0. The molecule has 2 aliphatic rings. The zero-order valence-electron chi connectivity index (χ0n) is 73.7. The van der Waals surface area contributed by atoms with Crippen LogP contribution in [0.4, 0.5) is 0 Å². The maximum Gasteiger partial charge on any atom is 2.00 e. The van der Waals surface area contributed by atoms with Gasteiger partial charge >= 0.3 is 42.1 Å². The van der Waals surface area contributed by atoms with Gasteiger partial charge in [-0.1, -0.05) is 140 Å². The van der Waals surface area contributed by atoms with Crippen LogP contribution in [0.2, 0.25) is 0 Å². The van der Waals surface area contributed by atoms with Crippen LogP contribution < -0.4 is 25.5 Å². The second kappa shape index (κ2) is 57.4. The number of nitrogens with zero attached hydrogens (tertiary/aromatic N) is 22. The molecule has 0 saturated heterocycles. The molecular formula is C93H109N22O6Pt5-3. The molecule has 0 spiro atoms. The third-order valence-corrected chi connectivity index (χ3v) is 17.9. The Labute approximate surface area is 811 Å². The van der Waals surface area contributed by atoms with E-state index >= 15 is 0 Å². The molecule has 0 saturated carbocycles. The molecule has 12 heterocycles. The first kappa shape index (κ1) is 113. The molecule has 2 aromatic carbocycles. The standard InChI is InChI=1S/2C13H15N4.2C11H13N4.2C11H8N.C8H7N4.3C5H10O2.5Pt/c2*1-13(2)6-3-4-9-11(16-17-12(9)13)10-5-7-14-8-15-10;2*1-11(2,3)10-6-9(14-15-10)8-4-5-12-7-13-8;2*1-2-6-10(7-3-1)11-8-4-5-9-12-11;1-6-4-8(12-11-6)7-2-3-9-5-10-7;3*1-4(6)3-5(2)7;;;;;/h2*5,7-8H,3-4,6H2,1-2H3;2*4-7H,1-3H3;2*1-6,8-9H;2-5H,1H3;3*4,6H,3H2,1-2H3;;;;;/q7*-1;;;;;;;2*+2. The van der Waals surface area contributed by atoms with Gasteiger partial charge in [0.1, 0.15) is 49.0 Å². The Kier molecular flexibility index (Phi) is 51.3. The second-order valence-corrected chi connectivity index (χ2v) is 32.0. The fourth-order valence-corrected chi connectivity index (χ4v) is 12.0. The predicted octanol–water partition coefficient (Wildman–Crippen LogP) is 14.7.